The van der Waals surface area contributed by atoms with Crippen LogP contribution in [0.2, 0.25) is 0 Å². The fourth-order valence-electron chi connectivity index (χ4n) is 2.79. The number of hydrogen-bond acceptors (Lipinski definition) is 2. The van der Waals surface area contributed by atoms with Crippen LogP contribution in [0.3, 0.4) is 0 Å². The van der Waals surface area contributed by atoms with Gasteiger partial charge in [-0.1, -0.05) is 12.8 Å². The van der Waals surface area contributed by atoms with Gasteiger partial charge in [0.1, 0.15) is 0 Å². The molecule has 2 nitrogen and oxygen atoms in total. The van der Waals surface area contributed by atoms with Gasteiger partial charge in [-0.2, -0.15) is 0 Å². The second-order valence-electron chi connectivity index (χ2n) is 4.84. The Bertz CT molecular complexity index is 164. The molecule has 0 aromatic heterocycles. The Morgan fingerprint density at radius 3 is 2.50 bits per heavy atom. The Morgan fingerprint density at radius 1 is 1.00 bits per heavy atom. The van der Waals surface area contributed by atoms with Gasteiger partial charge in [-0.05, 0) is 44.4 Å². The van der Waals surface area contributed by atoms with Crippen molar-refractivity contribution in [2.75, 3.05) is 6.61 Å². The second-order valence-corrected chi connectivity index (χ2v) is 4.84. The molecule has 2 aliphatic rings. The van der Waals surface area contributed by atoms with Gasteiger partial charge in [-0.3, -0.25) is 0 Å². The Labute approximate surface area is 86.6 Å². The van der Waals surface area contributed by atoms with Crippen molar-refractivity contribution in [3.05, 3.63) is 0 Å². The average Bonchev–Trinajstić information content (AvgIpc) is 2.23. The van der Waals surface area contributed by atoms with Gasteiger partial charge in [-0.15, -0.1) is 0 Å². The highest BCUT2D eigenvalue weighted by Crippen LogP contribution is 2.30. The normalized spacial score (nSPS) is 39.6. The highest BCUT2D eigenvalue weighted by atomic mass is 16.5. The molecule has 1 saturated carbocycles. The summed E-state index contributed by atoms with van der Waals surface area (Å²) in [6.45, 7) is 0.938. The molecule has 14 heavy (non-hydrogen) atoms. The predicted molar refractivity (Wildman–Crippen MR) is 56.2 cm³/mol. The van der Waals surface area contributed by atoms with E-state index in [0.29, 0.717) is 12.0 Å². The van der Waals surface area contributed by atoms with Crippen LogP contribution in [0.5, 0.6) is 0 Å². The zero-order valence-corrected chi connectivity index (χ0v) is 8.95. The van der Waals surface area contributed by atoms with Crippen molar-refractivity contribution in [3.63, 3.8) is 0 Å². The SMILES string of the molecule is OC1CCCCC1CC1CCCCO1. The van der Waals surface area contributed by atoms with E-state index in [9.17, 15) is 5.11 Å². The minimum atomic E-state index is -0.0470. The minimum absolute atomic E-state index is 0.0470. The minimum Gasteiger partial charge on any atom is -0.393 e. The molecule has 1 saturated heterocycles. The first-order valence-corrected chi connectivity index (χ1v) is 6.16. The lowest BCUT2D eigenvalue weighted by Gasteiger charge is -2.32. The molecule has 2 rings (SSSR count). The van der Waals surface area contributed by atoms with Crippen molar-refractivity contribution in [2.24, 2.45) is 5.92 Å². The summed E-state index contributed by atoms with van der Waals surface area (Å²) < 4.78 is 5.72. The highest BCUT2D eigenvalue weighted by Gasteiger charge is 2.27. The number of rotatable bonds is 2. The molecular formula is C12H22O2. The summed E-state index contributed by atoms with van der Waals surface area (Å²) in [4.78, 5) is 0. The molecule has 2 fully saturated rings. The second kappa shape index (κ2) is 5.13. The topological polar surface area (TPSA) is 29.5 Å². The molecule has 0 aromatic carbocycles. The number of ether oxygens (including phenoxy) is 1. The highest BCUT2D eigenvalue weighted by molar-refractivity contribution is 4.78. The fourth-order valence-corrected chi connectivity index (χ4v) is 2.79. The standard InChI is InChI=1S/C12H22O2/c13-12-7-2-1-5-10(12)9-11-6-3-4-8-14-11/h10-13H,1-9H2. The molecular weight excluding hydrogens is 176 g/mol. The summed E-state index contributed by atoms with van der Waals surface area (Å²) in [5.74, 6) is 0.520. The molecule has 0 amide bonds. The third-order valence-corrected chi connectivity index (χ3v) is 3.71. The first kappa shape index (κ1) is 10.4. The molecule has 1 aliphatic carbocycles. The van der Waals surface area contributed by atoms with Crippen LogP contribution in [-0.2, 0) is 4.74 Å². The van der Waals surface area contributed by atoms with Gasteiger partial charge in [0, 0.05) is 6.61 Å². The van der Waals surface area contributed by atoms with Crippen LogP contribution in [0.15, 0.2) is 0 Å². The third kappa shape index (κ3) is 2.71. The summed E-state index contributed by atoms with van der Waals surface area (Å²) in [5.41, 5.74) is 0. The van der Waals surface area contributed by atoms with Gasteiger partial charge < -0.3 is 9.84 Å². The van der Waals surface area contributed by atoms with Crippen molar-refractivity contribution in [1.29, 1.82) is 0 Å². The number of aliphatic hydroxyl groups is 1. The lowest BCUT2D eigenvalue weighted by Crippen LogP contribution is -2.30. The lowest BCUT2D eigenvalue weighted by atomic mass is 9.82. The van der Waals surface area contributed by atoms with Gasteiger partial charge in [0.05, 0.1) is 12.2 Å². The maximum atomic E-state index is 9.84. The van der Waals surface area contributed by atoms with Gasteiger partial charge in [0.2, 0.25) is 0 Å². The Hall–Kier alpha value is -0.0800. The number of hydrogen-bond donors (Lipinski definition) is 1. The van der Waals surface area contributed by atoms with Crippen molar-refractivity contribution >= 4 is 0 Å². The predicted octanol–water partition coefficient (Wildman–Crippen LogP) is 2.50. The van der Waals surface area contributed by atoms with Crippen molar-refractivity contribution < 1.29 is 9.84 Å². The van der Waals surface area contributed by atoms with Gasteiger partial charge in [-0.25, -0.2) is 0 Å². The summed E-state index contributed by atoms with van der Waals surface area (Å²) in [5, 5.41) is 9.84. The summed E-state index contributed by atoms with van der Waals surface area (Å²) in [7, 11) is 0. The zero-order chi connectivity index (χ0) is 9.80. The van der Waals surface area contributed by atoms with Crippen molar-refractivity contribution in [3.8, 4) is 0 Å². The Balaban J connectivity index is 1.76. The van der Waals surface area contributed by atoms with E-state index in [0.717, 1.165) is 19.4 Å². The Morgan fingerprint density at radius 2 is 1.79 bits per heavy atom. The molecule has 2 heteroatoms. The van der Waals surface area contributed by atoms with Crippen molar-refractivity contribution in [2.45, 2.75) is 63.6 Å². The van der Waals surface area contributed by atoms with E-state index in [4.69, 9.17) is 4.74 Å². The molecule has 1 N–H and O–H groups in total. The molecule has 82 valence electrons. The first-order valence-electron chi connectivity index (χ1n) is 6.16. The van der Waals surface area contributed by atoms with Gasteiger partial charge in [0.15, 0.2) is 0 Å². The van der Waals surface area contributed by atoms with Crippen LogP contribution in [0.25, 0.3) is 0 Å². The smallest absolute Gasteiger partial charge is 0.0578 e. The quantitative estimate of drug-likeness (QED) is 0.738. The largest absolute Gasteiger partial charge is 0.393 e. The van der Waals surface area contributed by atoms with Crippen LogP contribution in [0.1, 0.15) is 51.4 Å². The van der Waals surface area contributed by atoms with E-state index < -0.39 is 0 Å². The van der Waals surface area contributed by atoms with Crippen LogP contribution in [0, 0.1) is 5.92 Å². The first-order chi connectivity index (χ1) is 6.86. The average molecular weight is 198 g/mol. The van der Waals surface area contributed by atoms with Crippen molar-refractivity contribution in [1.82, 2.24) is 0 Å². The maximum absolute atomic E-state index is 9.84. The van der Waals surface area contributed by atoms with Gasteiger partial charge in [0.25, 0.3) is 0 Å². The fraction of sp³-hybridized carbons (Fsp3) is 1.00. The summed E-state index contributed by atoms with van der Waals surface area (Å²) >= 11 is 0. The summed E-state index contributed by atoms with van der Waals surface area (Å²) in [6.07, 6.45) is 9.98. The monoisotopic (exact) mass is 198 g/mol. The van der Waals surface area contributed by atoms with Crippen LogP contribution >= 0.6 is 0 Å². The maximum Gasteiger partial charge on any atom is 0.0578 e. The molecule has 0 spiro atoms. The van der Waals surface area contributed by atoms with E-state index in [1.54, 1.807) is 0 Å². The van der Waals surface area contributed by atoms with E-state index in [-0.39, 0.29) is 6.10 Å². The third-order valence-electron chi connectivity index (χ3n) is 3.71. The molecule has 3 unspecified atom stereocenters. The van der Waals surface area contributed by atoms with E-state index in [1.165, 1.54) is 38.5 Å². The van der Waals surface area contributed by atoms with Crippen LogP contribution in [-0.4, -0.2) is 23.9 Å². The van der Waals surface area contributed by atoms with E-state index in [1.807, 2.05) is 0 Å². The molecule has 1 aliphatic heterocycles. The molecule has 0 bridgehead atoms. The van der Waals surface area contributed by atoms with Crippen LogP contribution in [0.4, 0.5) is 0 Å². The summed E-state index contributed by atoms with van der Waals surface area (Å²) in [6, 6.07) is 0. The zero-order valence-electron chi connectivity index (χ0n) is 8.95. The molecule has 0 aromatic rings. The van der Waals surface area contributed by atoms with E-state index >= 15 is 0 Å². The molecule has 0 radical (unpaired) electrons. The van der Waals surface area contributed by atoms with E-state index in [2.05, 4.69) is 0 Å². The lowest BCUT2D eigenvalue weighted by molar-refractivity contribution is -0.0249. The molecule has 3 atom stereocenters. The van der Waals surface area contributed by atoms with Crippen LogP contribution < -0.4 is 0 Å². The van der Waals surface area contributed by atoms with Gasteiger partial charge >= 0.3 is 0 Å². The number of aliphatic hydroxyl groups excluding tert-OH is 1. The Kier molecular flexibility index (Phi) is 3.82. The molecule has 1 heterocycles.